The van der Waals surface area contributed by atoms with Gasteiger partial charge in [-0.25, -0.2) is 4.98 Å². The average Bonchev–Trinajstić information content (AvgIpc) is 2.55. The molecule has 0 N–H and O–H groups in total. The van der Waals surface area contributed by atoms with E-state index in [1.165, 1.54) is 7.11 Å². The van der Waals surface area contributed by atoms with Crippen LogP contribution in [0.5, 0.6) is 5.88 Å². The second-order valence-corrected chi connectivity index (χ2v) is 5.24. The molecule has 22 heavy (non-hydrogen) atoms. The maximum absolute atomic E-state index is 12.7. The van der Waals surface area contributed by atoms with Gasteiger partial charge in [0.25, 0.3) is 5.91 Å². The lowest BCUT2D eigenvalue weighted by Crippen LogP contribution is -2.45. The highest BCUT2D eigenvalue weighted by Gasteiger charge is 2.29. The van der Waals surface area contributed by atoms with E-state index in [1.807, 2.05) is 0 Å². The minimum atomic E-state index is -0.250. The highest BCUT2D eigenvalue weighted by atomic mass is 16.5. The number of pyridine rings is 1. The SMILES string of the molecule is CCOC(=O)C[C@H]1CCCCN1C(=O)c1ccnc(OC)c1. The number of carbonyl (C=O) groups excluding carboxylic acids is 2. The predicted molar refractivity (Wildman–Crippen MR) is 80.7 cm³/mol. The Morgan fingerprint density at radius 3 is 2.95 bits per heavy atom. The zero-order valence-corrected chi connectivity index (χ0v) is 13.1. The van der Waals surface area contributed by atoms with Gasteiger partial charge in [0.2, 0.25) is 5.88 Å². The van der Waals surface area contributed by atoms with Gasteiger partial charge in [0.05, 0.1) is 20.1 Å². The molecule has 1 saturated heterocycles. The number of hydrogen-bond acceptors (Lipinski definition) is 5. The number of ether oxygens (including phenoxy) is 2. The quantitative estimate of drug-likeness (QED) is 0.779. The molecular formula is C16H22N2O4. The molecule has 1 aliphatic rings. The summed E-state index contributed by atoms with van der Waals surface area (Å²) in [5.74, 6) is 0.0685. The Morgan fingerprint density at radius 1 is 1.41 bits per heavy atom. The van der Waals surface area contributed by atoms with Crippen molar-refractivity contribution in [2.75, 3.05) is 20.3 Å². The smallest absolute Gasteiger partial charge is 0.307 e. The van der Waals surface area contributed by atoms with Gasteiger partial charge in [-0.3, -0.25) is 9.59 Å². The van der Waals surface area contributed by atoms with E-state index >= 15 is 0 Å². The number of hydrogen-bond donors (Lipinski definition) is 0. The number of methoxy groups -OCH3 is 1. The van der Waals surface area contributed by atoms with Gasteiger partial charge in [-0.15, -0.1) is 0 Å². The van der Waals surface area contributed by atoms with Crippen LogP contribution in [0.3, 0.4) is 0 Å². The van der Waals surface area contributed by atoms with Crippen LogP contribution in [0.4, 0.5) is 0 Å². The zero-order valence-electron chi connectivity index (χ0n) is 13.1. The summed E-state index contributed by atoms with van der Waals surface area (Å²) in [6.07, 6.45) is 4.60. The number of esters is 1. The van der Waals surface area contributed by atoms with Gasteiger partial charge >= 0.3 is 5.97 Å². The van der Waals surface area contributed by atoms with E-state index in [1.54, 1.807) is 30.2 Å². The molecule has 1 aliphatic heterocycles. The van der Waals surface area contributed by atoms with Crippen LogP contribution in [0.1, 0.15) is 43.0 Å². The summed E-state index contributed by atoms with van der Waals surface area (Å²) in [5, 5.41) is 0. The first-order valence-electron chi connectivity index (χ1n) is 7.62. The lowest BCUT2D eigenvalue weighted by atomic mass is 9.98. The Kier molecular flexibility index (Phi) is 5.75. The molecule has 0 spiro atoms. The Labute approximate surface area is 130 Å². The highest BCUT2D eigenvalue weighted by molar-refractivity contribution is 5.95. The number of carbonyl (C=O) groups is 2. The molecule has 1 aromatic rings. The second-order valence-electron chi connectivity index (χ2n) is 5.24. The summed E-state index contributed by atoms with van der Waals surface area (Å²) in [7, 11) is 1.51. The van der Waals surface area contributed by atoms with E-state index < -0.39 is 0 Å². The van der Waals surface area contributed by atoms with E-state index in [-0.39, 0.29) is 24.3 Å². The monoisotopic (exact) mass is 306 g/mol. The van der Waals surface area contributed by atoms with E-state index in [0.29, 0.717) is 24.6 Å². The molecule has 2 heterocycles. The van der Waals surface area contributed by atoms with Crippen molar-refractivity contribution in [3.05, 3.63) is 23.9 Å². The molecule has 1 aromatic heterocycles. The first-order valence-corrected chi connectivity index (χ1v) is 7.62. The van der Waals surface area contributed by atoms with E-state index in [2.05, 4.69) is 4.98 Å². The molecule has 6 heteroatoms. The topological polar surface area (TPSA) is 68.7 Å². The largest absolute Gasteiger partial charge is 0.481 e. The third-order valence-corrected chi connectivity index (χ3v) is 3.79. The summed E-state index contributed by atoms with van der Waals surface area (Å²) >= 11 is 0. The van der Waals surface area contributed by atoms with E-state index in [9.17, 15) is 9.59 Å². The summed E-state index contributed by atoms with van der Waals surface area (Å²) in [5.41, 5.74) is 0.530. The first kappa shape index (κ1) is 16.3. The molecule has 1 atom stereocenters. The molecule has 0 saturated carbocycles. The van der Waals surface area contributed by atoms with Gasteiger partial charge in [0.1, 0.15) is 0 Å². The van der Waals surface area contributed by atoms with Crippen molar-refractivity contribution >= 4 is 11.9 Å². The van der Waals surface area contributed by atoms with Crippen molar-refractivity contribution in [1.82, 2.24) is 9.88 Å². The number of likely N-dealkylation sites (tertiary alicyclic amines) is 1. The second kappa shape index (κ2) is 7.77. The summed E-state index contributed by atoms with van der Waals surface area (Å²) in [6.45, 7) is 2.81. The van der Waals surface area contributed by atoms with Gasteiger partial charge in [-0.2, -0.15) is 0 Å². The number of rotatable bonds is 5. The first-order chi connectivity index (χ1) is 10.7. The van der Waals surface area contributed by atoms with Crippen LogP contribution < -0.4 is 4.74 Å². The van der Waals surface area contributed by atoms with E-state index in [4.69, 9.17) is 9.47 Å². The highest BCUT2D eigenvalue weighted by Crippen LogP contribution is 2.23. The summed E-state index contributed by atoms with van der Waals surface area (Å²) in [6, 6.07) is 3.19. The third kappa shape index (κ3) is 3.96. The van der Waals surface area contributed by atoms with Crippen LogP contribution in [-0.4, -0.2) is 48.1 Å². The van der Waals surface area contributed by atoms with E-state index in [0.717, 1.165) is 19.3 Å². The lowest BCUT2D eigenvalue weighted by Gasteiger charge is -2.35. The molecule has 0 unspecified atom stereocenters. The van der Waals surface area contributed by atoms with Gasteiger partial charge in [-0.05, 0) is 32.3 Å². The van der Waals surface area contributed by atoms with Crippen LogP contribution in [0.25, 0.3) is 0 Å². The lowest BCUT2D eigenvalue weighted by molar-refractivity contribution is -0.144. The van der Waals surface area contributed by atoms with Gasteiger partial charge in [0.15, 0.2) is 0 Å². The van der Waals surface area contributed by atoms with Crippen LogP contribution in [0.2, 0.25) is 0 Å². The maximum atomic E-state index is 12.7. The number of nitrogens with zero attached hydrogens (tertiary/aromatic N) is 2. The molecule has 0 aliphatic carbocycles. The molecule has 1 amide bonds. The Hall–Kier alpha value is -2.11. The Bertz CT molecular complexity index is 533. The molecule has 0 radical (unpaired) electrons. The molecule has 6 nitrogen and oxygen atoms in total. The summed E-state index contributed by atoms with van der Waals surface area (Å²) in [4.78, 5) is 30.2. The molecule has 1 fully saturated rings. The van der Waals surface area contributed by atoms with Crippen molar-refractivity contribution in [2.24, 2.45) is 0 Å². The van der Waals surface area contributed by atoms with Crippen molar-refractivity contribution in [3.8, 4) is 5.88 Å². The summed E-state index contributed by atoms with van der Waals surface area (Å²) < 4.78 is 10.1. The molecule has 0 bridgehead atoms. The predicted octanol–water partition coefficient (Wildman–Crippen LogP) is 2.04. The fourth-order valence-electron chi connectivity index (χ4n) is 2.71. The molecule has 120 valence electrons. The molecular weight excluding hydrogens is 284 g/mol. The van der Waals surface area contributed by atoms with Crippen LogP contribution in [-0.2, 0) is 9.53 Å². The van der Waals surface area contributed by atoms with Crippen molar-refractivity contribution in [1.29, 1.82) is 0 Å². The number of amides is 1. The Morgan fingerprint density at radius 2 is 2.23 bits per heavy atom. The zero-order chi connectivity index (χ0) is 15.9. The standard InChI is InChI=1S/C16H22N2O4/c1-3-22-15(19)11-13-6-4-5-9-18(13)16(20)12-7-8-17-14(10-12)21-2/h7-8,10,13H,3-6,9,11H2,1-2H3/t13-/m1/s1. The van der Waals surface area contributed by atoms with Crippen LogP contribution in [0.15, 0.2) is 18.3 Å². The van der Waals surface area contributed by atoms with Crippen LogP contribution >= 0.6 is 0 Å². The minimum Gasteiger partial charge on any atom is -0.481 e. The van der Waals surface area contributed by atoms with Gasteiger partial charge in [-0.1, -0.05) is 0 Å². The maximum Gasteiger partial charge on any atom is 0.307 e. The molecule has 2 rings (SSSR count). The fraction of sp³-hybridized carbons (Fsp3) is 0.562. The fourth-order valence-corrected chi connectivity index (χ4v) is 2.71. The number of piperidine rings is 1. The van der Waals surface area contributed by atoms with Crippen molar-refractivity contribution < 1.29 is 19.1 Å². The minimum absolute atomic E-state index is 0.0882. The van der Waals surface area contributed by atoms with Crippen LogP contribution in [0, 0.1) is 0 Å². The van der Waals surface area contributed by atoms with Crippen molar-refractivity contribution in [3.63, 3.8) is 0 Å². The molecule has 0 aromatic carbocycles. The third-order valence-electron chi connectivity index (χ3n) is 3.79. The Balaban J connectivity index is 2.12. The van der Waals surface area contributed by atoms with Gasteiger partial charge < -0.3 is 14.4 Å². The normalized spacial score (nSPS) is 17.9. The van der Waals surface area contributed by atoms with Gasteiger partial charge in [0, 0.05) is 30.4 Å². The number of aromatic nitrogens is 1. The average molecular weight is 306 g/mol. The van der Waals surface area contributed by atoms with Crippen molar-refractivity contribution in [2.45, 2.75) is 38.6 Å².